The van der Waals surface area contributed by atoms with E-state index in [1.165, 1.54) is 0 Å². The van der Waals surface area contributed by atoms with E-state index < -0.39 is 0 Å². The van der Waals surface area contributed by atoms with Crippen LogP contribution in [0.1, 0.15) is 22.9 Å². The Morgan fingerprint density at radius 2 is 2.00 bits per heavy atom. The molecule has 148 valence electrons. The van der Waals surface area contributed by atoms with Crippen LogP contribution in [-0.2, 0) is 11.3 Å². The van der Waals surface area contributed by atoms with Crippen LogP contribution in [0.25, 0.3) is 11.3 Å². The first kappa shape index (κ1) is 19.3. The Morgan fingerprint density at radius 3 is 2.69 bits per heavy atom. The molecule has 1 atom stereocenters. The number of hydrogen-bond donors (Lipinski definition) is 1. The molecule has 6 nitrogen and oxygen atoms in total. The third-order valence-corrected chi connectivity index (χ3v) is 5.65. The van der Waals surface area contributed by atoms with Gasteiger partial charge in [0.15, 0.2) is 5.75 Å². The first-order valence-corrected chi connectivity index (χ1v) is 9.60. The summed E-state index contributed by atoms with van der Waals surface area (Å²) < 4.78 is 10.5. The van der Waals surface area contributed by atoms with E-state index in [4.69, 9.17) is 14.5 Å². The molecule has 29 heavy (non-hydrogen) atoms. The molecule has 1 aliphatic rings. The normalized spacial score (nSPS) is 15.2. The highest BCUT2D eigenvalue weighted by Gasteiger charge is 2.31. The number of fused-ring (bicyclic) bond motifs is 1. The molecule has 0 saturated heterocycles. The molecule has 0 aliphatic carbocycles. The Hall–Kier alpha value is -3.06. The summed E-state index contributed by atoms with van der Waals surface area (Å²) in [6.07, 6.45) is 2.67. The number of aldehydes is 1. The number of ether oxygens (including phenoxy) is 2. The minimum atomic E-state index is -0.361. The Balaban J connectivity index is 1.71. The van der Waals surface area contributed by atoms with Crippen LogP contribution >= 0.6 is 12.6 Å². The minimum absolute atomic E-state index is 0.361. The first-order chi connectivity index (χ1) is 14.0. The number of methoxy groups -OCH3 is 2. The van der Waals surface area contributed by atoms with Gasteiger partial charge in [-0.05, 0) is 42.8 Å². The summed E-state index contributed by atoms with van der Waals surface area (Å²) >= 11 is 4.44. The minimum Gasteiger partial charge on any atom is -0.491 e. The zero-order chi connectivity index (χ0) is 20.5. The van der Waals surface area contributed by atoms with Gasteiger partial charge in [-0.1, -0.05) is 6.07 Å². The zero-order valence-electron chi connectivity index (χ0n) is 16.4. The van der Waals surface area contributed by atoms with Gasteiger partial charge in [-0.2, -0.15) is 0 Å². The Labute approximate surface area is 174 Å². The lowest BCUT2D eigenvalue weighted by Crippen LogP contribution is -2.22. The monoisotopic (exact) mass is 407 g/mol. The van der Waals surface area contributed by atoms with Crippen LogP contribution in [0.2, 0.25) is 0 Å². The molecule has 0 spiro atoms. The summed E-state index contributed by atoms with van der Waals surface area (Å²) in [5.74, 6) is 0.967. The summed E-state index contributed by atoms with van der Waals surface area (Å²) in [6.45, 7) is 2.56. The average Bonchev–Trinajstić information content (AvgIpc) is 3.12. The molecular formula is C22H21N3O3S. The molecule has 1 aliphatic heterocycles. The number of pyridine rings is 2. The fourth-order valence-electron chi connectivity index (χ4n) is 3.59. The molecule has 0 bridgehead atoms. The number of carbonyl (C=O) groups excluding carboxylic acids is 1. The first-order valence-electron chi connectivity index (χ1n) is 9.15. The van der Waals surface area contributed by atoms with Gasteiger partial charge in [-0.25, -0.2) is 4.98 Å². The molecule has 0 radical (unpaired) electrons. The van der Waals surface area contributed by atoms with Gasteiger partial charge in [0.05, 0.1) is 32.2 Å². The number of anilines is 1. The Morgan fingerprint density at radius 1 is 1.17 bits per heavy atom. The van der Waals surface area contributed by atoms with Crippen LogP contribution in [0.4, 0.5) is 5.69 Å². The van der Waals surface area contributed by atoms with Crippen molar-refractivity contribution in [3.8, 4) is 22.9 Å². The highest BCUT2D eigenvalue weighted by Crippen LogP contribution is 2.38. The molecule has 7 heteroatoms. The van der Waals surface area contributed by atoms with E-state index >= 15 is 0 Å². The molecule has 3 aromatic rings. The lowest BCUT2D eigenvalue weighted by Gasteiger charge is -2.23. The van der Waals surface area contributed by atoms with Gasteiger partial charge in [0.2, 0.25) is 0 Å². The lowest BCUT2D eigenvalue weighted by molar-refractivity contribution is -0.108. The largest absolute Gasteiger partial charge is 0.491 e. The second-order valence-corrected chi connectivity index (χ2v) is 7.33. The Bertz CT molecular complexity index is 1090. The van der Waals surface area contributed by atoms with Crippen molar-refractivity contribution in [1.29, 1.82) is 0 Å². The van der Waals surface area contributed by atoms with Crippen molar-refractivity contribution in [3.05, 3.63) is 59.4 Å². The number of benzene rings is 1. The van der Waals surface area contributed by atoms with Gasteiger partial charge in [-0.15, -0.1) is 12.6 Å². The third kappa shape index (κ3) is 3.42. The van der Waals surface area contributed by atoms with E-state index in [1.807, 2.05) is 43.3 Å². The second kappa shape index (κ2) is 7.75. The Kier molecular flexibility index (Phi) is 5.15. The van der Waals surface area contributed by atoms with Crippen molar-refractivity contribution < 1.29 is 14.3 Å². The molecular weight excluding hydrogens is 386 g/mol. The summed E-state index contributed by atoms with van der Waals surface area (Å²) in [4.78, 5) is 24.0. The molecule has 0 amide bonds. The SMILES string of the molecule is COc1cc(-c2ccc3c(n2)CN(c2ccc(S)c(C)c2)C3C=O)cnc1OC. The number of rotatable bonds is 5. The van der Waals surface area contributed by atoms with Crippen molar-refractivity contribution >= 4 is 24.6 Å². The lowest BCUT2D eigenvalue weighted by atomic mass is 10.1. The van der Waals surface area contributed by atoms with Crippen molar-refractivity contribution in [1.82, 2.24) is 9.97 Å². The quantitative estimate of drug-likeness (QED) is 0.509. The van der Waals surface area contributed by atoms with Crippen LogP contribution in [0, 0.1) is 6.92 Å². The van der Waals surface area contributed by atoms with Gasteiger partial charge in [0.1, 0.15) is 12.3 Å². The predicted molar refractivity (Wildman–Crippen MR) is 114 cm³/mol. The fourth-order valence-corrected chi connectivity index (χ4v) is 3.72. The van der Waals surface area contributed by atoms with Crippen molar-refractivity contribution in [2.24, 2.45) is 0 Å². The number of thiol groups is 1. The molecule has 0 saturated carbocycles. The summed E-state index contributed by atoms with van der Waals surface area (Å²) in [7, 11) is 3.12. The van der Waals surface area contributed by atoms with E-state index in [0.717, 1.165) is 44.9 Å². The molecule has 3 heterocycles. The van der Waals surface area contributed by atoms with Crippen LogP contribution in [0.3, 0.4) is 0 Å². The van der Waals surface area contributed by atoms with Crippen LogP contribution in [-0.4, -0.2) is 30.5 Å². The highest BCUT2D eigenvalue weighted by molar-refractivity contribution is 7.80. The zero-order valence-corrected chi connectivity index (χ0v) is 17.3. The highest BCUT2D eigenvalue weighted by atomic mass is 32.1. The van der Waals surface area contributed by atoms with E-state index in [0.29, 0.717) is 18.2 Å². The smallest absolute Gasteiger partial charge is 0.256 e. The molecule has 4 rings (SSSR count). The van der Waals surface area contributed by atoms with Crippen LogP contribution in [0.5, 0.6) is 11.6 Å². The van der Waals surface area contributed by atoms with E-state index in [2.05, 4.69) is 22.5 Å². The van der Waals surface area contributed by atoms with Crippen LogP contribution in [0.15, 0.2) is 47.5 Å². The third-order valence-electron chi connectivity index (χ3n) is 5.15. The van der Waals surface area contributed by atoms with E-state index in [1.54, 1.807) is 20.4 Å². The summed E-state index contributed by atoms with van der Waals surface area (Å²) in [6, 6.07) is 11.3. The molecule has 0 fully saturated rings. The fraction of sp³-hybridized carbons (Fsp3) is 0.227. The summed E-state index contributed by atoms with van der Waals surface area (Å²) in [5.41, 5.74) is 5.43. The van der Waals surface area contributed by atoms with Gasteiger partial charge >= 0.3 is 0 Å². The number of aryl methyl sites for hydroxylation is 1. The van der Waals surface area contributed by atoms with Gasteiger partial charge in [-0.3, -0.25) is 4.98 Å². The number of nitrogens with zero attached hydrogens (tertiary/aromatic N) is 3. The molecule has 2 aromatic heterocycles. The topological polar surface area (TPSA) is 64.5 Å². The number of hydrogen-bond acceptors (Lipinski definition) is 7. The van der Waals surface area contributed by atoms with E-state index in [9.17, 15) is 4.79 Å². The van der Waals surface area contributed by atoms with Crippen molar-refractivity contribution in [2.75, 3.05) is 19.1 Å². The van der Waals surface area contributed by atoms with Crippen molar-refractivity contribution in [3.63, 3.8) is 0 Å². The van der Waals surface area contributed by atoms with E-state index in [-0.39, 0.29) is 6.04 Å². The maximum Gasteiger partial charge on any atom is 0.256 e. The maximum atomic E-state index is 11.9. The van der Waals surface area contributed by atoms with Crippen molar-refractivity contribution in [2.45, 2.75) is 24.4 Å². The van der Waals surface area contributed by atoms with Gasteiger partial charge < -0.3 is 19.2 Å². The summed E-state index contributed by atoms with van der Waals surface area (Å²) in [5, 5.41) is 0. The van der Waals surface area contributed by atoms with Gasteiger partial charge in [0, 0.05) is 27.9 Å². The molecule has 0 N–H and O–H groups in total. The average molecular weight is 407 g/mol. The standard InChI is InChI=1S/C22H21N3O3S/c1-13-8-15(4-7-21(13)29)25-11-18-16(19(25)12-26)5-6-17(24-18)14-9-20(27-2)22(28-3)23-10-14/h4-10,12,19,29H,11H2,1-3H3. The maximum absolute atomic E-state index is 11.9. The molecule has 1 unspecified atom stereocenters. The number of carbonyl (C=O) groups is 1. The second-order valence-electron chi connectivity index (χ2n) is 6.85. The predicted octanol–water partition coefficient (Wildman–Crippen LogP) is 4.02. The van der Waals surface area contributed by atoms with Crippen LogP contribution < -0.4 is 14.4 Å². The molecule has 1 aromatic carbocycles. The van der Waals surface area contributed by atoms with Gasteiger partial charge in [0.25, 0.3) is 5.88 Å². The number of aromatic nitrogens is 2.